The van der Waals surface area contributed by atoms with E-state index >= 15 is 0 Å². The molecule has 0 aliphatic heterocycles. The van der Waals surface area contributed by atoms with Crippen molar-refractivity contribution in [2.75, 3.05) is 13.2 Å². The molecule has 15 heavy (non-hydrogen) atoms. The maximum atomic E-state index is 11.0. The second kappa shape index (κ2) is 16.1. The molecule has 0 bridgehead atoms. The zero-order chi connectivity index (χ0) is 11.9. The molecule has 0 aromatic rings. The van der Waals surface area contributed by atoms with Crippen molar-refractivity contribution in [3.05, 3.63) is 0 Å². The number of hydrogen-bond donors (Lipinski definition) is 0. The SMILES string of the molecule is CCCCC(=O)CCCC.CCOCC. The number of ketones is 1. The van der Waals surface area contributed by atoms with E-state index in [1.165, 1.54) is 0 Å². The first-order valence-corrected chi connectivity index (χ1v) is 6.32. The molecule has 92 valence electrons. The van der Waals surface area contributed by atoms with Crippen molar-refractivity contribution in [1.82, 2.24) is 0 Å². The van der Waals surface area contributed by atoms with Crippen LogP contribution in [0, 0.1) is 0 Å². The Hall–Kier alpha value is -0.370. The van der Waals surface area contributed by atoms with Crippen molar-refractivity contribution in [2.45, 2.75) is 66.2 Å². The Morgan fingerprint density at radius 3 is 1.47 bits per heavy atom. The Balaban J connectivity index is 0. The average molecular weight is 216 g/mol. The molecular formula is C13H28O2. The van der Waals surface area contributed by atoms with Crippen LogP contribution in [0.3, 0.4) is 0 Å². The smallest absolute Gasteiger partial charge is 0.132 e. The maximum Gasteiger partial charge on any atom is 0.132 e. The highest BCUT2D eigenvalue weighted by molar-refractivity contribution is 5.78. The molecule has 0 aliphatic carbocycles. The summed E-state index contributed by atoms with van der Waals surface area (Å²) in [5.74, 6) is 0.448. The van der Waals surface area contributed by atoms with Crippen molar-refractivity contribution in [3.8, 4) is 0 Å². The van der Waals surface area contributed by atoms with E-state index in [2.05, 4.69) is 13.8 Å². The first-order chi connectivity index (χ1) is 7.22. The van der Waals surface area contributed by atoms with Gasteiger partial charge in [0.15, 0.2) is 0 Å². The van der Waals surface area contributed by atoms with Gasteiger partial charge in [-0.2, -0.15) is 0 Å². The van der Waals surface area contributed by atoms with Gasteiger partial charge in [0, 0.05) is 26.1 Å². The van der Waals surface area contributed by atoms with E-state index in [1.807, 2.05) is 13.8 Å². The first kappa shape index (κ1) is 17.0. The molecule has 0 rings (SSSR count). The number of carbonyl (C=O) groups is 1. The quantitative estimate of drug-likeness (QED) is 0.613. The lowest BCUT2D eigenvalue weighted by Gasteiger charge is -1.96. The van der Waals surface area contributed by atoms with Crippen LogP contribution in [0.4, 0.5) is 0 Å². The Bertz CT molecular complexity index is 110. The van der Waals surface area contributed by atoms with Crippen molar-refractivity contribution >= 4 is 5.78 Å². The predicted octanol–water partition coefficient (Wildman–Crippen LogP) is 3.98. The summed E-state index contributed by atoms with van der Waals surface area (Å²) in [6.45, 7) is 9.90. The summed E-state index contributed by atoms with van der Waals surface area (Å²) in [5, 5.41) is 0. The van der Waals surface area contributed by atoms with Gasteiger partial charge in [-0.05, 0) is 26.7 Å². The summed E-state index contributed by atoms with van der Waals surface area (Å²) in [6.07, 6.45) is 6.02. The Labute approximate surface area is 95.4 Å². The zero-order valence-corrected chi connectivity index (χ0v) is 11.0. The second-order valence-electron chi connectivity index (χ2n) is 3.53. The molecule has 0 fully saturated rings. The summed E-state index contributed by atoms with van der Waals surface area (Å²) in [6, 6.07) is 0. The highest BCUT2D eigenvalue weighted by Crippen LogP contribution is 2.02. The van der Waals surface area contributed by atoms with E-state index in [9.17, 15) is 4.79 Å². The standard InChI is InChI=1S/C9H18O.C4H10O/c1-3-5-7-9(10)8-6-4-2;1-3-5-4-2/h3-8H2,1-2H3;3-4H2,1-2H3. The number of Topliss-reactive ketones (excluding diaryl/α,β-unsaturated/α-hetero) is 1. The number of rotatable bonds is 8. The van der Waals surface area contributed by atoms with Gasteiger partial charge in [-0.3, -0.25) is 4.79 Å². The number of unbranched alkanes of at least 4 members (excludes halogenated alkanes) is 2. The van der Waals surface area contributed by atoms with Crippen LogP contribution in [-0.2, 0) is 9.53 Å². The lowest BCUT2D eigenvalue weighted by Crippen LogP contribution is -1.96. The minimum Gasteiger partial charge on any atom is -0.382 e. The minimum atomic E-state index is 0.448. The second-order valence-corrected chi connectivity index (χ2v) is 3.53. The molecular weight excluding hydrogens is 188 g/mol. The molecule has 2 nitrogen and oxygen atoms in total. The fourth-order valence-electron chi connectivity index (χ4n) is 1.08. The molecule has 0 unspecified atom stereocenters. The van der Waals surface area contributed by atoms with Crippen LogP contribution in [-0.4, -0.2) is 19.0 Å². The van der Waals surface area contributed by atoms with Gasteiger partial charge in [0.2, 0.25) is 0 Å². The molecule has 0 atom stereocenters. The van der Waals surface area contributed by atoms with Gasteiger partial charge < -0.3 is 4.74 Å². The Morgan fingerprint density at radius 1 is 0.867 bits per heavy atom. The summed E-state index contributed by atoms with van der Waals surface area (Å²) in [5.41, 5.74) is 0. The summed E-state index contributed by atoms with van der Waals surface area (Å²) >= 11 is 0. The van der Waals surface area contributed by atoms with Crippen molar-refractivity contribution < 1.29 is 9.53 Å². The highest BCUT2D eigenvalue weighted by atomic mass is 16.5. The molecule has 0 radical (unpaired) electrons. The monoisotopic (exact) mass is 216 g/mol. The summed E-state index contributed by atoms with van der Waals surface area (Å²) in [7, 11) is 0. The van der Waals surface area contributed by atoms with Crippen LogP contribution < -0.4 is 0 Å². The lowest BCUT2D eigenvalue weighted by atomic mass is 10.1. The fraction of sp³-hybridized carbons (Fsp3) is 0.923. The van der Waals surface area contributed by atoms with Gasteiger partial charge in [0.25, 0.3) is 0 Å². The van der Waals surface area contributed by atoms with Crippen LogP contribution >= 0.6 is 0 Å². The van der Waals surface area contributed by atoms with Crippen molar-refractivity contribution in [3.63, 3.8) is 0 Å². The Morgan fingerprint density at radius 2 is 1.27 bits per heavy atom. The molecule has 0 N–H and O–H groups in total. The van der Waals surface area contributed by atoms with E-state index in [4.69, 9.17) is 4.74 Å². The molecule has 0 saturated heterocycles. The zero-order valence-electron chi connectivity index (χ0n) is 11.0. The van der Waals surface area contributed by atoms with E-state index in [1.54, 1.807) is 0 Å². The molecule has 0 saturated carbocycles. The van der Waals surface area contributed by atoms with Crippen LogP contribution in [0.2, 0.25) is 0 Å². The number of carbonyl (C=O) groups excluding carboxylic acids is 1. The van der Waals surface area contributed by atoms with Crippen molar-refractivity contribution in [1.29, 1.82) is 0 Å². The van der Waals surface area contributed by atoms with Gasteiger partial charge in [-0.15, -0.1) is 0 Å². The van der Waals surface area contributed by atoms with Gasteiger partial charge in [0.1, 0.15) is 5.78 Å². The number of hydrogen-bond acceptors (Lipinski definition) is 2. The van der Waals surface area contributed by atoms with E-state index in [0.717, 1.165) is 51.7 Å². The fourth-order valence-corrected chi connectivity index (χ4v) is 1.08. The van der Waals surface area contributed by atoms with Crippen LogP contribution in [0.5, 0.6) is 0 Å². The highest BCUT2D eigenvalue weighted by Gasteiger charge is 1.98. The third kappa shape index (κ3) is 19.9. The van der Waals surface area contributed by atoms with E-state index in [0.29, 0.717) is 5.78 Å². The molecule has 0 aliphatic rings. The maximum absolute atomic E-state index is 11.0. The topological polar surface area (TPSA) is 26.3 Å². The molecule has 0 spiro atoms. The first-order valence-electron chi connectivity index (χ1n) is 6.32. The molecule has 0 aromatic heterocycles. The largest absolute Gasteiger partial charge is 0.382 e. The molecule has 0 heterocycles. The summed E-state index contributed by atoms with van der Waals surface area (Å²) in [4.78, 5) is 11.0. The van der Waals surface area contributed by atoms with E-state index in [-0.39, 0.29) is 0 Å². The van der Waals surface area contributed by atoms with Crippen LogP contribution in [0.1, 0.15) is 66.2 Å². The minimum absolute atomic E-state index is 0.448. The Kier molecular flexibility index (Phi) is 18.3. The molecule has 0 amide bonds. The predicted molar refractivity (Wildman–Crippen MR) is 66.2 cm³/mol. The van der Waals surface area contributed by atoms with Gasteiger partial charge in [-0.1, -0.05) is 26.7 Å². The van der Waals surface area contributed by atoms with Gasteiger partial charge in [-0.25, -0.2) is 0 Å². The van der Waals surface area contributed by atoms with Gasteiger partial charge in [0.05, 0.1) is 0 Å². The van der Waals surface area contributed by atoms with Crippen LogP contribution in [0.25, 0.3) is 0 Å². The lowest BCUT2D eigenvalue weighted by molar-refractivity contribution is -0.119. The van der Waals surface area contributed by atoms with E-state index < -0.39 is 0 Å². The third-order valence-corrected chi connectivity index (χ3v) is 2.03. The third-order valence-electron chi connectivity index (χ3n) is 2.03. The number of ether oxygens (including phenoxy) is 1. The van der Waals surface area contributed by atoms with Gasteiger partial charge >= 0.3 is 0 Å². The van der Waals surface area contributed by atoms with Crippen LogP contribution in [0.15, 0.2) is 0 Å². The summed E-state index contributed by atoms with van der Waals surface area (Å²) < 4.78 is 4.83. The normalized spacial score (nSPS) is 9.33. The average Bonchev–Trinajstić information content (AvgIpc) is 2.25. The van der Waals surface area contributed by atoms with Crippen molar-refractivity contribution in [2.24, 2.45) is 0 Å². The molecule has 2 heteroatoms. The molecule has 0 aromatic carbocycles.